The van der Waals surface area contributed by atoms with Gasteiger partial charge in [0.1, 0.15) is 0 Å². The molecule has 0 unspecified atom stereocenters. The fourth-order valence-corrected chi connectivity index (χ4v) is 1.81. The van der Waals surface area contributed by atoms with E-state index in [-0.39, 0.29) is 17.2 Å². The van der Waals surface area contributed by atoms with E-state index >= 15 is 0 Å². The van der Waals surface area contributed by atoms with Crippen LogP contribution in [0.3, 0.4) is 0 Å². The fourth-order valence-electron chi connectivity index (χ4n) is 1.81. The zero-order valence-corrected chi connectivity index (χ0v) is 11.5. The Balaban J connectivity index is 2.70. The van der Waals surface area contributed by atoms with Crippen LogP contribution < -0.4 is 16.6 Å². The van der Waals surface area contributed by atoms with E-state index in [4.69, 9.17) is 5.84 Å². The summed E-state index contributed by atoms with van der Waals surface area (Å²) in [6.07, 6.45) is 4.19. The molecule has 20 heavy (non-hydrogen) atoms. The molecule has 0 spiro atoms. The lowest BCUT2D eigenvalue weighted by molar-refractivity contribution is -0.384. The summed E-state index contributed by atoms with van der Waals surface area (Å²) in [5, 5.41) is 13.5. The Hall–Kier alpha value is -2.15. The van der Waals surface area contributed by atoms with Crippen molar-refractivity contribution < 1.29 is 9.72 Å². The van der Waals surface area contributed by atoms with Crippen molar-refractivity contribution in [3.05, 3.63) is 33.9 Å². The molecule has 0 bridgehead atoms. The van der Waals surface area contributed by atoms with E-state index in [1.54, 1.807) is 0 Å². The van der Waals surface area contributed by atoms with E-state index < -0.39 is 4.92 Å². The molecular formula is C13H20N4O3. The first kappa shape index (κ1) is 15.9. The number of nitrogens with two attached hydrogens (primary N) is 1. The molecule has 1 amide bonds. The third-order valence-corrected chi connectivity index (χ3v) is 2.93. The molecule has 0 aromatic heterocycles. The van der Waals surface area contributed by atoms with Crippen molar-refractivity contribution in [1.29, 1.82) is 0 Å². The van der Waals surface area contributed by atoms with Gasteiger partial charge in [0, 0.05) is 18.7 Å². The van der Waals surface area contributed by atoms with Gasteiger partial charge in [0.25, 0.3) is 11.6 Å². The number of nitrogens with zero attached hydrogens (tertiary/aromatic N) is 1. The Labute approximate surface area is 117 Å². The number of nitro groups is 1. The van der Waals surface area contributed by atoms with Crippen molar-refractivity contribution in [2.45, 2.75) is 32.6 Å². The number of benzene rings is 1. The minimum atomic E-state index is -0.543. The second-order valence-electron chi connectivity index (χ2n) is 4.45. The van der Waals surface area contributed by atoms with Crippen LogP contribution in [0.15, 0.2) is 18.2 Å². The molecule has 110 valence electrons. The van der Waals surface area contributed by atoms with Gasteiger partial charge >= 0.3 is 0 Å². The highest BCUT2D eigenvalue weighted by Gasteiger charge is 2.15. The lowest BCUT2D eigenvalue weighted by atomic mass is 10.1. The van der Waals surface area contributed by atoms with Gasteiger partial charge in [-0.2, -0.15) is 0 Å². The predicted octanol–water partition coefficient (Wildman–Crippen LogP) is 2.19. The maximum absolute atomic E-state index is 12.0. The van der Waals surface area contributed by atoms with Gasteiger partial charge in [0.05, 0.1) is 16.2 Å². The third kappa shape index (κ3) is 4.51. The maximum Gasteiger partial charge on any atom is 0.270 e. The number of non-ortho nitro benzene ring substituents is 1. The van der Waals surface area contributed by atoms with Crippen molar-refractivity contribution in [3.8, 4) is 0 Å². The first-order valence-electron chi connectivity index (χ1n) is 6.63. The first-order chi connectivity index (χ1) is 9.60. The summed E-state index contributed by atoms with van der Waals surface area (Å²) >= 11 is 0. The second-order valence-corrected chi connectivity index (χ2v) is 4.45. The number of hydrogen-bond donors (Lipinski definition) is 3. The van der Waals surface area contributed by atoms with E-state index in [1.165, 1.54) is 18.2 Å². The molecule has 0 atom stereocenters. The van der Waals surface area contributed by atoms with Gasteiger partial charge in [-0.25, -0.2) is 0 Å². The number of unbranched alkanes of at least 4 members (excludes halogenated alkanes) is 3. The van der Waals surface area contributed by atoms with Crippen molar-refractivity contribution >= 4 is 17.3 Å². The Morgan fingerprint density at radius 2 is 2.10 bits per heavy atom. The number of nitrogen functional groups attached to an aromatic ring is 1. The molecule has 0 radical (unpaired) electrons. The summed E-state index contributed by atoms with van der Waals surface area (Å²) in [7, 11) is 0. The largest absolute Gasteiger partial charge is 0.352 e. The zero-order chi connectivity index (χ0) is 15.0. The molecule has 4 N–H and O–H groups in total. The van der Waals surface area contributed by atoms with Crippen molar-refractivity contribution in [3.63, 3.8) is 0 Å². The monoisotopic (exact) mass is 280 g/mol. The van der Waals surface area contributed by atoms with Crippen molar-refractivity contribution in [2.75, 3.05) is 12.0 Å². The van der Waals surface area contributed by atoms with Gasteiger partial charge in [-0.15, -0.1) is 0 Å². The topological polar surface area (TPSA) is 110 Å². The number of hydrogen-bond acceptors (Lipinski definition) is 5. The van der Waals surface area contributed by atoms with Crippen LogP contribution in [0.5, 0.6) is 0 Å². The molecule has 7 heteroatoms. The van der Waals surface area contributed by atoms with Gasteiger partial charge in [-0.05, 0) is 12.5 Å². The standard InChI is InChI=1S/C13H20N4O3/c1-2-3-4-5-8-15-13(18)11-9-10(17(19)20)6-7-12(11)16-14/h6-7,9,16H,2-5,8,14H2,1H3,(H,15,18). The molecule has 1 aromatic rings. The molecule has 7 nitrogen and oxygen atoms in total. The summed E-state index contributed by atoms with van der Waals surface area (Å²) < 4.78 is 0. The normalized spacial score (nSPS) is 10.1. The fraction of sp³-hybridized carbons (Fsp3) is 0.462. The Kier molecular flexibility index (Phi) is 6.45. The number of nitro benzene ring substituents is 1. The highest BCUT2D eigenvalue weighted by atomic mass is 16.6. The van der Waals surface area contributed by atoms with E-state index in [0.717, 1.165) is 25.7 Å². The number of anilines is 1. The van der Waals surface area contributed by atoms with Gasteiger partial charge in [-0.1, -0.05) is 26.2 Å². The van der Waals surface area contributed by atoms with Crippen LogP contribution in [0.1, 0.15) is 43.0 Å². The summed E-state index contributed by atoms with van der Waals surface area (Å²) in [5.41, 5.74) is 2.77. The first-order valence-corrected chi connectivity index (χ1v) is 6.63. The number of nitrogens with one attached hydrogen (secondary N) is 2. The van der Waals surface area contributed by atoms with Gasteiger partial charge in [0.15, 0.2) is 0 Å². The van der Waals surface area contributed by atoms with E-state index in [2.05, 4.69) is 17.7 Å². The third-order valence-electron chi connectivity index (χ3n) is 2.93. The predicted molar refractivity (Wildman–Crippen MR) is 77.4 cm³/mol. The Bertz CT molecular complexity index is 477. The van der Waals surface area contributed by atoms with Crippen molar-refractivity contribution in [2.24, 2.45) is 5.84 Å². The number of amides is 1. The van der Waals surface area contributed by atoms with E-state index in [9.17, 15) is 14.9 Å². The van der Waals surface area contributed by atoms with Crippen LogP contribution in [-0.4, -0.2) is 17.4 Å². The molecule has 0 aliphatic heterocycles. The second kappa shape index (κ2) is 8.11. The molecule has 0 saturated heterocycles. The molecule has 1 rings (SSSR count). The van der Waals surface area contributed by atoms with Gasteiger partial charge < -0.3 is 10.7 Å². The summed E-state index contributed by atoms with van der Waals surface area (Å²) in [6.45, 7) is 2.66. The molecule has 1 aromatic carbocycles. The number of carbonyl (C=O) groups is 1. The molecular weight excluding hydrogens is 260 g/mol. The molecule has 0 fully saturated rings. The lowest BCUT2D eigenvalue weighted by Gasteiger charge is -2.09. The Morgan fingerprint density at radius 1 is 1.35 bits per heavy atom. The van der Waals surface area contributed by atoms with Crippen LogP contribution >= 0.6 is 0 Å². The average Bonchev–Trinajstić information content (AvgIpc) is 2.46. The van der Waals surface area contributed by atoms with Crippen molar-refractivity contribution in [1.82, 2.24) is 5.32 Å². The van der Waals surface area contributed by atoms with Crippen LogP contribution in [0.2, 0.25) is 0 Å². The van der Waals surface area contributed by atoms with Crippen LogP contribution in [0.25, 0.3) is 0 Å². The van der Waals surface area contributed by atoms with Crippen LogP contribution in [0.4, 0.5) is 11.4 Å². The molecule has 0 heterocycles. The highest BCUT2D eigenvalue weighted by Crippen LogP contribution is 2.21. The number of carbonyl (C=O) groups excluding carboxylic acids is 1. The van der Waals surface area contributed by atoms with Gasteiger partial charge in [0.2, 0.25) is 0 Å². The molecule has 0 aliphatic rings. The molecule has 0 saturated carbocycles. The SMILES string of the molecule is CCCCCCNC(=O)c1cc([N+](=O)[O-])ccc1NN. The summed E-state index contributed by atoms with van der Waals surface area (Å²) in [4.78, 5) is 22.2. The number of hydrazine groups is 1. The zero-order valence-electron chi connectivity index (χ0n) is 11.5. The minimum absolute atomic E-state index is 0.139. The van der Waals surface area contributed by atoms with E-state index in [0.29, 0.717) is 12.2 Å². The molecule has 0 aliphatic carbocycles. The smallest absolute Gasteiger partial charge is 0.270 e. The highest BCUT2D eigenvalue weighted by molar-refractivity contribution is 6.00. The van der Waals surface area contributed by atoms with E-state index in [1.807, 2.05) is 0 Å². The lowest BCUT2D eigenvalue weighted by Crippen LogP contribution is -2.26. The van der Waals surface area contributed by atoms with Gasteiger partial charge in [-0.3, -0.25) is 20.8 Å². The van der Waals surface area contributed by atoms with Crippen LogP contribution in [-0.2, 0) is 0 Å². The summed E-state index contributed by atoms with van der Waals surface area (Å²) in [5.74, 6) is 4.95. The number of rotatable bonds is 8. The van der Waals surface area contributed by atoms with Crippen LogP contribution in [0, 0.1) is 10.1 Å². The minimum Gasteiger partial charge on any atom is -0.352 e. The Morgan fingerprint density at radius 3 is 2.70 bits per heavy atom. The quantitative estimate of drug-likeness (QED) is 0.292. The average molecular weight is 280 g/mol. The maximum atomic E-state index is 12.0. The summed E-state index contributed by atoms with van der Waals surface area (Å²) in [6, 6.07) is 3.94.